The van der Waals surface area contributed by atoms with Crippen molar-refractivity contribution < 1.29 is 42.4 Å². The van der Waals surface area contributed by atoms with Gasteiger partial charge in [-0.2, -0.15) is 0 Å². The molecule has 0 saturated heterocycles. The van der Waals surface area contributed by atoms with Crippen molar-refractivity contribution in [2.24, 2.45) is 5.92 Å². The summed E-state index contributed by atoms with van der Waals surface area (Å²) in [5.74, 6) is -0.693. The van der Waals surface area contributed by atoms with Gasteiger partial charge in [-0.05, 0) is 100 Å². The number of carboxylic acids is 1. The lowest BCUT2D eigenvalue weighted by atomic mass is 10.0. The van der Waals surface area contributed by atoms with Crippen molar-refractivity contribution in [1.29, 1.82) is 0 Å². The first kappa shape index (κ1) is 38.6. The smallest absolute Gasteiger partial charge is 0.335 e. The number of nitrogens with zero attached hydrogens (tertiary/aromatic N) is 2. The minimum absolute atomic E-state index is 0.0345. The Morgan fingerprint density at radius 3 is 2.42 bits per heavy atom. The van der Waals surface area contributed by atoms with Crippen molar-refractivity contribution >= 4 is 27.6 Å². The molecule has 13 heteroatoms. The summed E-state index contributed by atoms with van der Waals surface area (Å²) in [6.07, 6.45) is 1.87. The molecule has 0 aliphatic carbocycles. The average Bonchev–Trinajstić information content (AvgIpc) is 3.09. The first-order valence-electron chi connectivity index (χ1n) is 16.8. The van der Waals surface area contributed by atoms with Crippen LogP contribution in [0.4, 0.5) is 5.69 Å². The zero-order valence-corrected chi connectivity index (χ0v) is 30.2. The Kier molecular flexibility index (Phi) is 13.6. The van der Waals surface area contributed by atoms with Crippen LogP contribution in [0.1, 0.15) is 66.3 Å². The molecular weight excluding hydrogens is 662 g/mol. The predicted octanol–water partition coefficient (Wildman–Crippen LogP) is 5.12. The molecule has 0 saturated carbocycles. The monoisotopic (exact) mass is 711 g/mol. The number of fused-ring (bicyclic) bond motifs is 1. The zero-order chi connectivity index (χ0) is 36.4. The minimum Gasteiger partial charge on any atom is -0.497 e. The number of hydrogen-bond acceptors (Lipinski definition) is 9. The molecule has 3 aromatic rings. The number of rotatable bonds is 11. The summed E-state index contributed by atoms with van der Waals surface area (Å²) in [4.78, 5) is 29.4. The molecule has 12 nitrogen and oxygen atoms in total. The van der Waals surface area contributed by atoms with Crippen molar-refractivity contribution in [2.45, 2.75) is 69.7 Å². The van der Waals surface area contributed by atoms with Crippen LogP contribution in [-0.4, -0.2) is 99.0 Å². The zero-order valence-electron chi connectivity index (χ0n) is 29.4. The van der Waals surface area contributed by atoms with E-state index in [0.717, 1.165) is 18.4 Å². The number of amides is 1. The second kappa shape index (κ2) is 17.7. The number of carbonyl (C=O) groups is 2. The Balaban J connectivity index is 1.61. The number of sulfonamides is 1. The van der Waals surface area contributed by atoms with Crippen LogP contribution >= 0.6 is 0 Å². The largest absolute Gasteiger partial charge is 0.497 e. The maximum atomic E-state index is 14.4. The summed E-state index contributed by atoms with van der Waals surface area (Å²) in [6, 6.07) is 16.9. The highest BCUT2D eigenvalue weighted by Crippen LogP contribution is 2.30. The molecule has 0 aromatic heterocycles. The number of aromatic carboxylic acids is 1. The lowest BCUT2D eigenvalue weighted by Crippen LogP contribution is -2.47. The molecule has 272 valence electrons. The number of aliphatic hydroxyl groups is 1. The van der Waals surface area contributed by atoms with Gasteiger partial charge in [0.15, 0.2) is 0 Å². The molecule has 0 fully saturated rings. The first-order chi connectivity index (χ1) is 23.8. The van der Waals surface area contributed by atoms with E-state index >= 15 is 0 Å². The third-order valence-corrected chi connectivity index (χ3v) is 10.2. The fraction of sp³-hybridized carbons (Fsp3) is 0.459. The van der Waals surface area contributed by atoms with E-state index in [1.807, 2.05) is 20.9 Å². The van der Waals surface area contributed by atoms with Crippen molar-refractivity contribution in [3.63, 3.8) is 0 Å². The van der Waals surface area contributed by atoms with Crippen molar-refractivity contribution in [3.05, 3.63) is 83.4 Å². The fourth-order valence-corrected chi connectivity index (χ4v) is 6.90. The molecule has 1 aliphatic rings. The van der Waals surface area contributed by atoms with Gasteiger partial charge in [-0.3, -0.25) is 14.4 Å². The molecule has 0 bridgehead atoms. The van der Waals surface area contributed by atoms with Crippen LogP contribution in [0, 0.1) is 5.92 Å². The van der Waals surface area contributed by atoms with E-state index in [-0.39, 0.29) is 53.0 Å². The quantitative estimate of drug-likeness (QED) is 0.244. The summed E-state index contributed by atoms with van der Waals surface area (Å²) in [5, 5.41) is 19.5. The Morgan fingerprint density at radius 1 is 1.08 bits per heavy atom. The van der Waals surface area contributed by atoms with Gasteiger partial charge in [0.25, 0.3) is 15.9 Å². The number of carbonyl (C=O) groups excluding carboxylic acids is 1. The van der Waals surface area contributed by atoms with Crippen LogP contribution in [0.5, 0.6) is 11.5 Å². The Hall–Kier alpha value is -4.17. The van der Waals surface area contributed by atoms with Gasteiger partial charge < -0.3 is 29.3 Å². The fourth-order valence-electron chi connectivity index (χ4n) is 5.85. The van der Waals surface area contributed by atoms with E-state index in [0.29, 0.717) is 37.6 Å². The van der Waals surface area contributed by atoms with Crippen LogP contribution in [0.3, 0.4) is 0 Å². The number of likely N-dealkylation sites (N-methyl/N-ethyl adjacent to an activating group) is 1. The van der Waals surface area contributed by atoms with Crippen molar-refractivity contribution in [1.82, 2.24) is 9.80 Å². The van der Waals surface area contributed by atoms with Gasteiger partial charge >= 0.3 is 5.97 Å². The highest BCUT2D eigenvalue weighted by atomic mass is 32.2. The van der Waals surface area contributed by atoms with Crippen LogP contribution < -0.4 is 14.2 Å². The van der Waals surface area contributed by atoms with Crippen LogP contribution in [-0.2, 0) is 21.3 Å². The highest BCUT2D eigenvalue weighted by Gasteiger charge is 2.31. The van der Waals surface area contributed by atoms with E-state index in [4.69, 9.17) is 14.2 Å². The second-order valence-corrected chi connectivity index (χ2v) is 14.7. The third-order valence-electron chi connectivity index (χ3n) is 8.82. The van der Waals surface area contributed by atoms with Gasteiger partial charge in [-0.1, -0.05) is 19.1 Å². The van der Waals surface area contributed by atoms with E-state index in [2.05, 4.69) is 9.62 Å². The molecule has 1 heterocycles. The maximum absolute atomic E-state index is 14.4. The number of aliphatic hydroxyl groups excluding tert-OH is 1. The number of methoxy groups -OCH3 is 1. The van der Waals surface area contributed by atoms with Crippen LogP contribution in [0.2, 0.25) is 0 Å². The topological polar surface area (TPSA) is 155 Å². The molecule has 3 N–H and O–H groups in total. The van der Waals surface area contributed by atoms with Crippen LogP contribution in [0.15, 0.2) is 71.6 Å². The summed E-state index contributed by atoms with van der Waals surface area (Å²) < 4.78 is 47.0. The lowest BCUT2D eigenvalue weighted by Gasteiger charge is -2.36. The number of anilines is 1. The SMILES string of the molecule is COc1ccc(S(=O)(=O)Nc2ccc3c(c2)C(=O)N([C@H](C)CO)C[C@H](C)[C@H](CN(C)Cc2ccc(C(=O)O)cc2)OCCCC[C@@H](C)O3)cc1. The highest BCUT2D eigenvalue weighted by molar-refractivity contribution is 7.92. The van der Waals surface area contributed by atoms with E-state index in [1.165, 1.54) is 25.3 Å². The molecule has 1 amide bonds. The molecule has 0 radical (unpaired) electrons. The van der Waals surface area contributed by atoms with E-state index in [9.17, 15) is 28.2 Å². The molecular formula is C37H49N3O9S. The average molecular weight is 712 g/mol. The number of hydrogen-bond donors (Lipinski definition) is 3. The molecule has 1 aliphatic heterocycles. The normalized spacial score (nSPS) is 19.9. The van der Waals surface area contributed by atoms with Gasteiger partial charge in [0.2, 0.25) is 0 Å². The number of ether oxygens (including phenoxy) is 3. The molecule has 0 spiro atoms. The molecule has 0 unspecified atom stereocenters. The predicted molar refractivity (Wildman–Crippen MR) is 190 cm³/mol. The van der Waals surface area contributed by atoms with Gasteiger partial charge in [-0.15, -0.1) is 0 Å². The number of carboxylic acid groups (broad SMARTS) is 1. The van der Waals surface area contributed by atoms with Gasteiger partial charge in [0, 0.05) is 37.8 Å². The number of benzene rings is 3. The van der Waals surface area contributed by atoms with E-state index in [1.54, 1.807) is 60.4 Å². The molecule has 50 heavy (non-hydrogen) atoms. The van der Waals surface area contributed by atoms with Gasteiger partial charge in [0.1, 0.15) is 11.5 Å². The standard InChI is InChI=1S/C37H49N3O9S/c1-25-21-40(26(2)24-41)36(42)33-20-30(38-50(45,46)32-16-14-31(47-5)15-17-32)13-18-34(33)49-27(3)8-6-7-19-48-35(25)23-39(4)22-28-9-11-29(12-10-28)37(43)44/h9-18,20,25-27,35,38,41H,6-8,19,21-24H2,1-5H3,(H,43,44)/t25-,26+,27+,35-/m0/s1. The number of nitrogens with one attached hydrogen (secondary N) is 1. The molecule has 3 aromatic carbocycles. The Labute approximate surface area is 295 Å². The van der Waals surface area contributed by atoms with E-state index < -0.39 is 27.9 Å². The van der Waals surface area contributed by atoms with Crippen LogP contribution in [0.25, 0.3) is 0 Å². The first-order valence-corrected chi connectivity index (χ1v) is 18.3. The summed E-state index contributed by atoms with van der Waals surface area (Å²) >= 11 is 0. The second-order valence-electron chi connectivity index (χ2n) is 13.0. The summed E-state index contributed by atoms with van der Waals surface area (Å²) in [7, 11) is -0.527. The minimum atomic E-state index is -3.99. The third kappa shape index (κ3) is 10.4. The van der Waals surface area contributed by atoms with Gasteiger partial charge in [-0.25, -0.2) is 13.2 Å². The van der Waals surface area contributed by atoms with Crippen molar-refractivity contribution in [2.75, 3.05) is 45.2 Å². The van der Waals surface area contributed by atoms with Gasteiger partial charge in [0.05, 0.1) is 48.0 Å². The summed E-state index contributed by atoms with van der Waals surface area (Å²) in [6.45, 7) is 7.31. The molecule has 4 atom stereocenters. The van der Waals surface area contributed by atoms with Crippen molar-refractivity contribution in [3.8, 4) is 11.5 Å². The Morgan fingerprint density at radius 2 is 1.78 bits per heavy atom. The Bertz CT molecular complexity index is 1680. The maximum Gasteiger partial charge on any atom is 0.335 e. The molecule has 4 rings (SSSR count). The summed E-state index contributed by atoms with van der Waals surface area (Å²) in [5.41, 5.74) is 1.55. The lowest BCUT2D eigenvalue weighted by molar-refractivity contribution is -0.0177.